The van der Waals surface area contributed by atoms with Crippen molar-refractivity contribution >= 4 is 21.4 Å². The molecule has 2 aromatic carbocycles. The van der Waals surface area contributed by atoms with Crippen molar-refractivity contribution in [3.63, 3.8) is 0 Å². The Balaban J connectivity index is 2.04. The minimum atomic E-state index is -3.29. The summed E-state index contributed by atoms with van der Waals surface area (Å²) in [5.74, 6) is 0.0764. The third-order valence-electron chi connectivity index (χ3n) is 3.91. The number of nitrogens with zero attached hydrogens (tertiary/aromatic N) is 1. The zero-order valence-corrected chi connectivity index (χ0v) is 14.6. The molecule has 0 spiro atoms. The number of sulfone groups is 1. The van der Waals surface area contributed by atoms with Crippen LogP contribution in [0.25, 0.3) is 0 Å². The maximum atomic E-state index is 13.3. The molecule has 1 aliphatic rings. The molecule has 1 unspecified atom stereocenters. The molecule has 0 fully saturated rings. The molecule has 0 N–H and O–H groups in total. The van der Waals surface area contributed by atoms with Gasteiger partial charge >= 0.3 is 0 Å². The lowest BCUT2D eigenvalue weighted by Crippen LogP contribution is -2.41. The minimum Gasteiger partial charge on any atom is -0.493 e. The SMILES string of the molecule is CCOc1ccccc1C(=O)N(c1ccccc1)C1C=CS(=O)(=O)C1. The summed E-state index contributed by atoms with van der Waals surface area (Å²) in [4.78, 5) is 14.8. The van der Waals surface area contributed by atoms with E-state index in [0.717, 1.165) is 0 Å². The highest BCUT2D eigenvalue weighted by molar-refractivity contribution is 7.94. The number of hydrogen-bond donors (Lipinski definition) is 0. The van der Waals surface area contributed by atoms with Crippen molar-refractivity contribution in [3.8, 4) is 5.75 Å². The Morgan fingerprint density at radius 3 is 2.44 bits per heavy atom. The highest BCUT2D eigenvalue weighted by Gasteiger charge is 2.32. The molecule has 1 atom stereocenters. The summed E-state index contributed by atoms with van der Waals surface area (Å²) in [6.07, 6.45) is 1.56. The molecule has 0 radical (unpaired) electrons. The standard InChI is InChI=1S/C19H19NO4S/c1-2-24-18-11-7-6-10-17(18)19(21)20(15-8-4-3-5-9-15)16-12-13-25(22,23)14-16/h3-13,16H,2,14H2,1H3. The van der Waals surface area contributed by atoms with E-state index in [9.17, 15) is 13.2 Å². The molecular formula is C19H19NO4S. The second-order valence-corrected chi connectivity index (χ2v) is 7.60. The number of hydrogen-bond acceptors (Lipinski definition) is 4. The molecule has 1 amide bonds. The molecular weight excluding hydrogens is 338 g/mol. The fourth-order valence-electron chi connectivity index (χ4n) is 2.82. The van der Waals surface area contributed by atoms with Gasteiger partial charge in [-0.2, -0.15) is 0 Å². The Hall–Kier alpha value is -2.60. The number of carbonyl (C=O) groups is 1. The van der Waals surface area contributed by atoms with E-state index >= 15 is 0 Å². The Morgan fingerprint density at radius 1 is 1.12 bits per heavy atom. The number of para-hydroxylation sites is 2. The second-order valence-electron chi connectivity index (χ2n) is 5.67. The Morgan fingerprint density at radius 2 is 1.80 bits per heavy atom. The highest BCUT2D eigenvalue weighted by Crippen LogP contribution is 2.28. The number of ether oxygens (including phenoxy) is 1. The van der Waals surface area contributed by atoms with Gasteiger partial charge in [0.2, 0.25) is 0 Å². The van der Waals surface area contributed by atoms with E-state index in [1.54, 1.807) is 42.5 Å². The Bertz CT molecular complexity index is 891. The van der Waals surface area contributed by atoms with Crippen molar-refractivity contribution in [1.82, 2.24) is 0 Å². The normalized spacial score (nSPS) is 18.0. The molecule has 6 heteroatoms. The van der Waals surface area contributed by atoms with Crippen LogP contribution >= 0.6 is 0 Å². The molecule has 0 bridgehead atoms. The van der Waals surface area contributed by atoms with Crippen molar-refractivity contribution in [2.45, 2.75) is 13.0 Å². The average molecular weight is 357 g/mol. The first-order chi connectivity index (χ1) is 12.0. The largest absolute Gasteiger partial charge is 0.493 e. The predicted octanol–water partition coefficient (Wildman–Crippen LogP) is 3.04. The van der Waals surface area contributed by atoms with Gasteiger partial charge in [0, 0.05) is 11.1 Å². The van der Waals surface area contributed by atoms with Gasteiger partial charge in [-0.05, 0) is 37.3 Å². The molecule has 2 aromatic rings. The topological polar surface area (TPSA) is 63.7 Å². The minimum absolute atomic E-state index is 0.121. The summed E-state index contributed by atoms with van der Waals surface area (Å²) in [5, 5.41) is 1.18. The number of benzene rings is 2. The number of rotatable bonds is 5. The van der Waals surface area contributed by atoms with Gasteiger partial charge in [0.15, 0.2) is 9.84 Å². The van der Waals surface area contributed by atoms with Gasteiger partial charge in [0.05, 0.1) is 24.0 Å². The van der Waals surface area contributed by atoms with Crippen LogP contribution in [0.3, 0.4) is 0 Å². The van der Waals surface area contributed by atoms with Gasteiger partial charge in [0.1, 0.15) is 5.75 Å². The van der Waals surface area contributed by atoms with Crippen LogP contribution in [0.2, 0.25) is 0 Å². The quantitative estimate of drug-likeness (QED) is 0.825. The second kappa shape index (κ2) is 7.11. The summed E-state index contributed by atoms with van der Waals surface area (Å²) < 4.78 is 29.3. The predicted molar refractivity (Wildman–Crippen MR) is 97.6 cm³/mol. The summed E-state index contributed by atoms with van der Waals surface area (Å²) in [6.45, 7) is 2.29. The van der Waals surface area contributed by atoms with Gasteiger partial charge < -0.3 is 9.64 Å². The van der Waals surface area contributed by atoms with Crippen molar-refractivity contribution in [3.05, 3.63) is 71.6 Å². The number of carbonyl (C=O) groups excluding carboxylic acids is 1. The molecule has 0 saturated carbocycles. The van der Waals surface area contributed by atoms with Crippen LogP contribution in [-0.2, 0) is 9.84 Å². The van der Waals surface area contributed by atoms with Gasteiger partial charge in [0.25, 0.3) is 5.91 Å². The molecule has 130 valence electrons. The summed E-state index contributed by atoms with van der Waals surface area (Å²) >= 11 is 0. The Labute approximate surface area is 147 Å². The van der Waals surface area contributed by atoms with E-state index in [2.05, 4.69) is 0 Å². The maximum Gasteiger partial charge on any atom is 0.262 e. The zero-order valence-electron chi connectivity index (χ0n) is 13.8. The van der Waals surface area contributed by atoms with E-state index in [1.165, 1.54) is 10.3 Å². The number of anilines is 1. The van der Waals surface area contributed by atoms with Gasteiger partial charge in [-0.3, -0.25) is 4.79 Å². The van der Waals surface area contributed by atoms with Crippen LogP contribution in [0.4, 0.5) is 5.69 Å². The van der Waals surface area contributed by atoms with Crippen LogP contribution in [-0.4, -0.2) is 32.7 Å². The van der Waals surface area contributed by atoms with Crippen LogP contribution in [0.1, 0.15) is 17.3 Å². The molecule has 0 aromatic heterocycles. The fourth-order valence-corrected chi connectivity index (χ4v) is 4.09. The molecule has 5 nitrogen and oxygen atoms in total. The van der Waals surface area contributed by atoms with E-state index in [-0.39, 0.29) is 11.7 Å². The van der Waals surface area contributed by atoms with Gasteiger partial charge in [-0.25, -0.2) is 8.42 Å². The average Bonchev–Trinajstić information content (AvgIpc) is 2.96. The van der Waals surface area contributed by atoms with E-state index in [1.807, 2.05) is 25.1 Å². The van der Waals surface area contributed by atoms with Gasteiger partial charge in [-0.15, -0.1) is 0 Å². The zero-order chi connectivity index (χ0) is 17.9. The lowest BCUT2D eigenvalue weighted by Gasteiger charge is -2.28. The molecule has 3 rings (SSSR count). The van der Waals surface area contributed by atoms with E-state index in [0.29, 0.717) is 23.6 Å². The smallest absolute Gasteiger partial charge is 0.262 e. The first-order valence-corrected chi connectivity index (χ1v) is 9.75. The summed E-state index contributed by atoms with van der Waals surface area (Å²) in [6, 6.07) is 15.5. The highest BCUT2D eigenvalue weighted by atomic mass is 32.2. The monoisotopic (exact) mass is 357 g/mol. The van der Waals surface area contributed by atoms with Gasteiger partial charge in [-0.1, -0.05) is 30.3 Å². The molecule has 0 aliphatic carbocycles. The lowest BCUT2D eigenvalue weighted by molar-refractivity contribution is 0.0979. The van der Waals surface area contributed by atoms with Crippen molar-refractivity contribution in [2.24, 2.45) is 0 Å². The van der Waals surface area contributed by atoms with Crippen molar-refractivity contribution < 1.29 is 17.9 Å². The maximum absolute atomic E-state index is 13.3. The number of amides is 1. The first kappa shape index (κ1) is 17.2. The van der Waals surface area contributed by atoms with Crippen molar-refractivity contribution in [1.29, 1.82) is 0 Å². The molecule has 25 heavy (non-hydrogen) atoms. The van der Waals surface area contributed by atoms with Crippen LogP contribution in [0, 0.1) is 0 Å². The molecule has 1 aliphatic heterocycles. The molecule has 1 heterocycles. The third kappa shape index (κ3) is 3.74. The van der Waals surface area contributed by atoms with Crippen LogP contribution in [0.15, 0.2) is 66.1 Å². The lowest BCUT2D eigenvalue weighted by atomic mass is 10.1. The Kier molecular flexibility index (Phi) is 4.90. The third-order valence-corrected chi connectivity index (χ3v) is 5.29. The van der Waals surface area contributed by atoms with Crippen LogP contribution in [0.5, 0.6) is 5.75 Å². The fraction of sp³-hybridized carbons (Fsp3) is 0.211. The summed E-state index contributed by atoms with van der Waals surface area (Å²) in [7, 11) is -3.29. The van der Waals surface area contributed by atoms with E-state index in [4.69, 9.17) is 4.74 Å². The van der Waals surface area contributed by atoms with E-state index < -0.39 is 15.9 Å². The summed E-state index contributed by atoms with van der Waals surface area (Å²) in [5.41, 5.74) is 1.05. The van der Waals surface area contributed by atoms with Crippen LogP contribution < -0.4 is 9.64 Å². The van der Waals surface area contributed by atoms with Crippen molar-refractivity contribution in [2.75, 3.05) is 17.3 Å². The first-order valence-electron chi connectivity index (χ1n) is 8.03. The molecule has 0 saturated heterocycles.